The molecule has 0 atom stereocenters. The Hall–Kier alpha value is -2.22. The molecule has 0 radical (unpaired) electrons. The summed E-state index contributed by atoms with van der Waals surface area (Å²) < 4.78 is 81.0. The van der Waals surface area contributed by atoms with E-state index in [-0.39, 0.29) is 29.7 Å². The van der Waals surface area contributed by atoms with Crippen LogP contribution in [0.25, 0.3) is 11.1 Å². The number of benzene rings is 2. The molecule has 0 saturated carbocycles. The number of rotatable bonds is 4. The van der Waals surface area contributed by atoms with E-state index in [1.807, 2.05) is 0 Å². The zero-order valence-corrected chi connectivity index (χ0v) is 12.2. The molecule has 0 fully saturated rings. The van der Waals surface area contributed by atoms with Crippen LogP contribution in [-0.4, -0.2) is 12.9 Å². The number of hydrogen-bond acceptors (Lipinski definition) is 2. The van der Waals surface area contributed by atoms with E-state index in [9.17, 15) is 26.3 Å². The van der Waals surface area contributed by atoms with Crippen molar-refractivity contribution in [3.8, 4) is 16.9 Å². The second-order valence-electron chi connectivity index (χ2n) is 4.95. The molecular formula is C16H13F6NO. The summed E-state index contributed by atoms with van der Waals surface area (Å²) in [4.78, 5) is 0. The van der Waals surface area contributed by atoms with Crippen LogP contribution >= 0.6 is 0 Å². The lowest BCUT2D eigenvalue weighted by molar-refractivity contribution is -0.274. The third-order valence-electron chi connectivity index (χ3n) is 3.23. The van der Waals surface area contributed by atoms with Crippen molar-refractivity contribution in [2.45, 2.75) is 19.0 Å². The van der Waals surface area contributed by atoms with Crippen LogP contribution in [0.4, 0.5) is 26.3 Å². The molecule has 0 aliphatic carbocycles. The number of alkyl halides is 6. The van der Waals surface area contributed by atoms with Crippen LogP contribution in [0.15, 0.2) is 42.5 Å². The van der Waals surface area contributed by atoms with Crippen LogP contribution in [0.1, 0.15) is 11.1 Å². The number of halogens is 6. The summed E-state index contributed by atoms with van der Waals surface area (Å²) in [5.74, 6) is -0.586. The van der Waals surface area contributed by atoms with Gasteiger partial charge in [0.1, 0.15) is 5.75 Å². The summed E-state index contributed by atoms with van der Waals surface area (Å²) in [6.07, 6.45) is -9.59. The lowest BCUT2D eigenvalue weighted by Gasteiger charge is -2.18. The summed E-state index contributed by atoms with van der Waals surface area (Å²) in [5, 5.41) is 0. The molecule has 8 heteroatoms. The Morgan fingerprint density at radius 3 is 2.17 bits per heavy atom. The van der Waals surface area contributed by atoms with Crippen molar-refractivity contribution >= 4 is 0 Å². The zero-order chi connectivity index (χ0) is 18.0. The number of ether oxygens (including phenoxy) is 1. The van der Waals surface area contributed by atoms with Gasteiger partial charge in [-0.1, -0.05) is 30.3 Å². The minimum atomic E-state index is -4.92. The highest BCUT2D eigenvalue weighted by molar-refractivity contribution is 5.71. The molecule has 2 nitrogen and oxygen atoms in total. The van der Waals surface area contributed by atoms with Crippen molar-refractivity contribution in [3.63, 3.8) is 0 Å². The van der Waals surface area contributed by atoms with E-state index < -0.39 is 23.9 Å². The first kappa shape index (κ1) is 18.1. The standard InChI is InChI=1S/C16H13F6NO/c17-15(18,19)14-10(7-8-23)3-2-6-13(14)11-4-1-5-12(9-11)24-16(20,21)22/h1-6,9H,7-8,23H2. The third-order valence-corrected chi connectivity index (χ3v) is 3.23. The van der Waals surface area contributed by atoms with Crippen LogP contribution < -0.4 is 10.5 Å². The SMILES string of the molecule is NCCc1cccc(-c2cccc(OC(F)(F)F)c2)c1C(F)(F)F. The summed E-state index contributed by atoms with van der Waals surface area (Å²) in [6, 6.07) is 8.35. The average molecular weight is 349 g/mol. The maximum absolute atomic E-state index is 13.4. The minimum Gasteiger partial charge on any atom is -0.406 e. The minimum absolute atomic E-state index is 0.00141. The molecule has 0 heterocycles. The molecule has 0 aromatic heterocycles. The highest BCUT2D eigenvalue weighted by Crippen LogP contribution is 2.40. The summed E-state index contributed by atoms with van der Waals surface area (Å²) in [6.45, 7) is 0.0176. The predicted octanol–water partition coefficient (Wildman–Crippen LogP) is 4.77. The summed E-state index contributed by atoms with van der Waals surface area (Å²) in [7, 11) is 0. The lowest BCUT2D eigenvalue weighted by atomic mass is 9.93. The molecule has 130 valence electrons. The molecule has 0 aliphatic rings. The van der Waals surface area contributed by atoms with E-state index in [4.69, 9.17) is 5.73 Å². The van der Waals surface area contributed by atoms with Gasteiger partial charge >= 0.3 is 12.5 Å². The Morgan fingerprint density at radius 2 is 1.58 bits per heavy atom. The molecule has 2 N–H and O–H groups in total. The van der Waals surface area contributed by atoms with E-state index >= 15 is 0 Å². The maximum Gasteiger partial charge on any atom is 0.573 e. The van der Waals surface area contributed by atoms with Crippen molar-refractivity contribution in [2.24, 2.45) is 5.73 Å². The van der Waals surface area contributed by atoms with Crippen LogP contribution in [0.2, 0.25) is 0 Å². The third kappa shape index (κ3) is 4.41. The second kappa shape index (κ2) is 6.72. The smallest absolute Gasteiger partial charge is 0.406 e. The van der Waals surface area contributed by atoms with Crippen molar-refractivity contribution < 1.29 is 31.1 Å². The molecule has 0 saturated heterocycles. The van der Waals surface area contributed by atoms with Crippen molar-refractivity contribution in [1.29, 1.82) is 0 Å². The first-order valence-electron chi connectivity index (χ1n) is 6.87. The van der Waals surface area contributed by atoms with Gasteiger partial charge in [-0.2, -0.15) is 13.2 Å². The Bertz CT molecular complexity index is 708. The molecule has 0 bridgehead atoms. The molecule has 0 amide bonds. The Morgan fingerprint density at radius 1 is 0.917 bits per heavy atom. The van der Waals surface area contributed by atoms with Gasteiger partial charge in [-0.3, -0.25) is 0 Å². The van der Waals surface area contributed by atoms with Gasteiger partial charge in [0.15, 0.2) is 0 Å². The van der Waals surface area contributed by atoms with Crippen molar-refractivity contribution in [3.05, 3.63) is 53.6 Å². The van der Waals surface area contributed by atoms with Gasteiger partial charge in [-0.15, -0.1) is 13.2 Å². The fourth-order valence-electron chi connectivity index (χ4n) is 2.40. The van der Waals surface area contributed by atoms with Gasteiger partial charge in [0.05, 0.1) is 5.56 Å². The van der Waals surface area contributed by atoms with Crippen LogP contribution in [0.3, 0.4) is 0 Å². The first-order chi connectivity index (χ1) is 11.1. The molecule has 0 aliphatic heterocycles. The molecular weight excluding hydrogens is 336 g/mol. The Kier molecular flexibility index (Phi) is 5.08. The normalized spacial score (nSPS) is 12.3. The highest BCUT2D eigenvalue weighted by Gasteiger charge is 2.36. The first-order valence-corrected chi connectivity index (χ1v) is 6.87. The highest BCUT2D eigenvalue weighted by atomic mass is 19.4. The molecule has 0 spiro atoms. The summed E-state index contributed by atoms with van der Waals surface area (Å²) >= 11 is 0. The van der Waals surface area contributed by atoms with Gasteiger partial charge in [0, 0.05) is 0 Å². The van der Waals surface area contributed by atoms with Gasteiger partial charge < -0.3 is 10.5 Å². The second-order valence-corrected chi connectivity index (χ2v) is 4.95. The number of nitrogens with two attached hydrogens (primary N) is 1. The predicted molar refractivity (Wildman–Crippen MR) is 76.3 cm³/mol. The van der Waals surface area contributed by atoms with Gasteiger partial charge in [-0.25, -0.2) is 0 Å². The van der Waals surface area contributed by atoms with Gasteiger partial charge in [0.2, 0.25) is 0 Å². The van der Waals surface area contributed by atoms with Crippen LogP contribution in [-0.2, 0) is 12.6 Å². The van der Waals surface area contributed by atoms with Gasteiger partial charge in [-0.05, 0) is 41.8 Å². The van der Waals surface area contributed by atoms with E-state index in [0.29, 0.717) is 0 Å². The van der Waals surface area contributed by atoms with E-state index in [1.165, 1.54) is 30.3 Å². The quantitative estimate of drug-likeness (QED) is 0.807. The molecule has 2 rings (SSSR count). The Labute approximate surface area is 133 Å². The summed E-state index contributed by atoms with van der Waals surface area (Å²) in [5.41, 5.74) is 4.18. The monoisotopic (exact) mass is 349 g/mol. The molecule has 2 aromatic carbocycles. The van der Waals surface area contributed by atoms with Crippen LogP contribution in [0, 0.1) is 0 Å². The zero-order valence-electron chi connectivity index (χ0n) is 12.2. The van der Waals surface area contributed by atoms with Crippen molar-refractivity contribution in [1.82, 2.24) is 0 Å². The maximum atomic E-state index is 13.4. The van der Waals surface area contributed by atoms with E-state index in [1.54, 1.807) is 0 Å². The van der Waals surface area contributed by atoms with E-state index in [0.717, 1.165) is 12.1 Å². The van der Waals surface area contributed by atoms with Crippen molar-refractivity contribution in [2.75, 3.05) is 6.54 Å². The lowest BCUT2D eigenvalue weighted by Crippen LogP contribution is -2.17. The fraction of sp³-hybridized carbons (Fsp3) is 0.250. The average Bonchev–Trinajstić information content (AvgIpc) is 2.44. The largest absolute Gasteiger partial charge is 0.573 e. The fourth-order valence-corrected chi connectivity index (χ4v) is 2.40. The van der Waals surface area contributed by atoms with Gasteiger partial charge in [0.25, 0.3) is 0 Å². The number of hydrogen-bond donors (Lipinski definition) is 1. The topological polar surface area (TPSA) is 35.2 Å². The van der Waals surface area contributed by atoms with Crippen LogP contribution in [0.5, 0.6) is 5.75 Å². The van der Waals surface area contributed by atoms with E-state index in [2.05, 4.69) is 4.74 Å². The molecule has 0 unspecified atom stereocenters. The molecule has 24 heavy (non-hydrogen) atoms. The Balaban J connectivity index is 2.56. The molecule has 2 aromatic rings.